The number of carbonyl (C=O) groups excluding carboxylic acids is 2. The maximum absolute atomic E-state index is 12.6. The maximum Gasteiger partial charge on any atom is 0.409 e. The Labute approximate surface area is 166 Å². The quantitative estimate of drug-likeness (QED) is 0.795. The van der Waals surface area contributed by atoms with Crippen molar-refractivity contribution >= 4 is 33.7 Å². The molecule has 0 saturated carbocycles. The standard InChI is InChI=1S/C19H21BrN4O3/c1-2-27-19(26)24-9-3-4-14(11-24)18(25)23-17-10-16(21-12-22-17)13-5-7-15(20)8-6-13/h5-8,10,12,14H,2-4,9,11H2,1H3,(H,21,22,23,25)/t14-/m0/s1. The molecule has 2 heterocycles. The van der Waals surface area contributed by atoms with Gasteiger partial charge in [0, 0.05) is 29.2 Å². The van der Waals surface area contributed by atoms with E-state index in [0.29, 0.717) is 25.5 Å². The smallest absolute Gasteiger partial charge is 0.409 e. The summed E-state index contributed by atoms with van der Waals surface area (Å²) >= 11 is 3.41. The average molecular weight is 433 g/mol. The minimum absolute atomic E-state index is 0.149. The third-order valence-electron chi connectivity index (χ3n) is 4.38. The fourth-order valence-electron chi connectivity index (χ4n) is 3.00. The van der Waals surface area contributed by atoms with Crippen LogP contribution in [0.4, 0.5) is 10.6 Å². The van der Waals surface area contributed by atoms with Crippen molar-refractivity contribution in [3.63, 3.8) is 0 Å². The number of benzene rings is 1. The van der Waals surface area contributed by atoms with Crippen LogP contribution in [-0.2, 0) is 9.53 Å². The Kier molecular flexibility index (Phi) is 6.39. The number of halogens is 1. The van der Waals surface area contributed by atoms with E-state index < -0.39 is 0 Å². The summed E-state index contributed by atoms with van der Waals surface area (Å²) in [6.07, 6.45) is 2.56. The molecular formula is C19H21BrN4O3. The molecule has 8 heteroatoms. The van der Waals surface area contributed by atoms with Crippen LogP contribution >= 0.6 is 15.9 Å². The van der Waals surface area contributed by atoms with E-state index in [0.717, 1.165) is 28.6 Å². The van der Waals surface area contributed by atoms with Crippen molar-refractivity contribution in [1.29, 1.82) is 0 Å². The van der Waals surface area contributed by atoms with E-state index in [2.05, 4.69) is 31.2 Å². The van der Waals surface area contributed by atoms with E-state index in [9.17, 15) is 9.59 Å². The van der Waals surface area contributed by atoms with Crippen molar-refractivity contribution in [1.82, 2.24) is 14.9 Å². The van der Waals surface area contributed by atoms with E-state index in [1.54, 1.807) is 17.9 Å². The first-order valence-corrected chi connectivity index (χ1v) is 9.66. The number of piperidine rings is 1. The van der Waals surface area contributed by atoms with Gasteiger partial charge in [-0.05, 0) is 31.9 Å². The first-order chi connectivity index (χ1) is 13.1. The third kappa shape index (κ3) is 5.03. The number of amides is 2. The molecule has 1 atom stereocenters. The molecule has 142 valence electrons. The topological polar surface area (TPSA) is 84.4 Å². The maximum atomic E-state index is 12.6. The molecule has 1 aromatic heterocycles. The highest BCUT2D eigenvalue weighted by Gasteiger charge is 2.29. The molecule has 2 aromatic rings. The molecule has 1 aromatic carbocycles. The van der Waals surface area contributed by atoms with Gasteiger partial charge in [0.2, 0.25) is 5.91 Å². The normalized spacial score (nSPS) is 16.7. The molecular weight excluding hydrogens is 412 g/mol. The van der Waals surface area contributed by atoms with Gasteiger partial charge in [0.1, 0.15) is 12.1 Å². The summed E-state index contributed by atoms with van der Waals surface area (Å²) in [5.41, 5.74) is 1.66. The van der Waals surface area contributed by atoms with E-state index in [4.69, 9.17) is 4.74 Å². The largest absolute Gasteiger partial charge is 0.450 e. The molecule has 27 heavy (non-hydrogen) atoms. The zero-order valence-electron chi connectivity index (χ0n) is 15.0. The van der Waals surface area contributed by atoms with E-state index >= 15 is 0 Å². The lowest BCUT2D eigenvalue weighted by atomic mass is 9.97. The fraction of sp³-hybridized carbons (Fsp3) is 0.368. The second-order valence-corrected chi connectivity index (χ2v) is 7.18. The zero-order valence-corrected chi connectivity index (χ0v) is 16.6. The highest BCUT2D eigenvalue weighted by molar-refractivity contribution is 9.10. The van der Waals surface area contributed by atoms with Crippen LogP contribution in [0.25, 0.3) is 11.3 Å². The van der Waals surface area contributed by atoms with Gasteiger partial charge < -0.3 is 15.0 Å². The van der Waals surface area contributed by atoms with Gasteiger partial charge >= 0.3 is 6.09 Å². The molecule has 0 spiro atoms. The molecule has 0 unspecified atom stereocenters. The summed E-state index contributed by atoms with van der Waals surface area (Å²) in [5.74, 6) is 0.0138. The predicted molar refractivity (Wildman–Crippen MR) is 105 cm³/mol. The number of carbonyl (C=O) groups is 2. The molecule has 0 bridgehead atoms. The van der Waals surface area contributed by atoms with Crippen molar-refractivity contribution in [2.24, 2.45) is 5.92 Å². The molecule has 1 saturated heterocycles. The van der Waals surface area contributed by atoms with Crippen LogP contribution in [0.2, 0.25) is 0 Å². The van der Waals surface area contributed by atoms with Gasteiger partial charge in [-0.25, -0.2) is 14.8 Å². The van der Waals surface area contributed by atoms with Crippen LogP contribution in [0.3, 0.4) is 0 Å². The monoisotopic (exact) mass is 432 g/mol. The minimum atomic E-state index is -0.366. The Morgan fingerprint density at radius 2 is 2.07 bits per heavy atom. The van der Waals surface area contributed by atoms with E-state index in [-0.39, 0.29) is 17.9 Å². The molecule has 7 nitrogen and oxygen atoms in total. The highest BCUT2D eigenvalue weighted by atomic mass is 79.9. The van der Waals surface area contributed by atoms with Gasteiger partial charge in [-0.2, -0.15) is 0 Å². The van der Waals surface area contributed by atoms with Crippen LogP contribution in [-0.4, -0.2) is 46.6 Å². The number of likely N-dealkylation sites (tertiary alicyclic amines) is 1. The van der Waals surface area contributed by atoms with Crippen LogP contribution in [0.15, 0.2) is 41.1 Å². The molecule has 1 N–H and O–H groups in total. The summed E-state index contributed by atoms with van der Waals surface area (Å²) in [5, 5.41) is 2.85. The predicted octanol–water partition coefficient (Wildman–Crippen LogP) is 3.71. The SMILES string of the molecule is CCOC(=O)N1CCC[C@H](C(=O)Nc2cc(-c3ccc(Br)cc3)ncn2)C1. The minimum Gasteiger partial charge on any atom is -0.450 e. The summed E-state index contributed by atoms with van der Waals surface area (Å²) in [6.45, 7) is 3.06. The Morgan fingerprint density at radius 3 is 2.81 bits per heavy atom. The van der Waals surface area contributed by atoms with Crippen LogP contribution in [0.1, 0.15) is 19.8 Å². The lowest BCUT2D eigenvalue weighted by Gasteiger charge is -2.31. The average Bonchev–Trinajstić information content (AvgIpc) is 2.69. The Hall–Kier alpha value is -2.48. The van der Waals surface area contributed by atoms with Gasteiger partial charge in [-0.1, -0.05) is 28.1 Å². The molecule has 0 aliphatic carbocycles. The van der Waals surface area contributed by atoms with E-state index in [1.165, 1.54) is 6.33 Å². The lowest BCUT2D eigenvalue weighted by molar-refractivity contribution is -0.121. The number of rotatable bonds is 4. The Morgan fingerprint density at radius 1 is 1.30 bits per heavy atom. The second kappa shape index (κ2) is 8.94. The van der Waals surface area contributed by atoms with Crippen molar-refractivity contribution in [2.45, 2.75) is 19.8 Å². The molecule has 2 amide bonds. The van der Waals surface area contributed by atoms with Gasteiger partial charge in [0.25, 0.3) is 0 Å². The van der Waals surface area contributed by atoms with Crippen molar-refractivity contribution in [3.8, 4) is 11.3 Å². The number of hydrogen-bond acceptors (Lipinski definition) is 5. The first-order valence-electron chi connectivity index (χ1n) is 8.87. The third-order valence-corrected chi connectivity index (χ3v) is 4.91. The summed E-state index contributed by atoms with van der Waals surface area (Å²) in [7, 11) is 0. The van der Waals surface area contributed by atoms with Crippen molar-refractivity contribution in [2.75, 3.05) is 25.0 Å². The Bertz CT molecular complexity index is 813. The second-order valence-electron chi connectivity index (χ2n) is 6.27. The van der Waals surface area contributed by atoms with Gasteiger partial charge in [0.05, 0.1) is 18.2 Å². The molecule has 3 rings (SSSR count). The number of aromatic nitrogens is 2. The van der Waals surface area contributed by atoms with Crippen molar-refractivity contribution in [3.05, 3.63) is 41.1 Å². The summed E-state index contributed by atoms with van der Waals surface area (Å²) < 4.78 is 6.02. The van der Waals surface area contributed by atoms with Crippen LogP contribution in [0.5, 0.6) is 0 Å². The molecule has 1 aliphatic heterocycles. The molecule has 0 radical (unpaired) electrons. The lowest BCUT2D eigenvalue weighted by Crippen LogP contribution is -2.44. The van der Waals surface area contributed by atoms with Gasteiger partial charge in [-0.15, -0.1) is 0 Å². The highest BCUT2D eigenvalue weighted by Crippen LogP contribution is 2.23. The van der Waals surface area contributed by atoms with Gasteiger partial charge in [0.15, 0.2) is 0 Å². The van der Waals surface area contributed by atoms with Crippen molar-refractivity contribution < 1.29 is 14.3 Å². The summed E-state index contributed by atoms with van der Waals surface area (Å²) in [4.78, 5) is 34.5. The number of anilines is 1. The van der Waals surface area contributed by atoms with E-state index in [1.807, 2.05) is 24.3 Å². The Balaban J connectivity index is 1.66. The van der Waals surface area contributed by atoms with Crippen LogP contribution < -0.4 is 5.32 Å². The fourth-order valence-corrected chi connectivity index (χ4v) is 3.27. The first kappa shape index (κ1) is 19.3. The number of nitrogens with one attached hydrogen (secondary N) is 1. The number of nitrogens with zero attached hydrogens (tertiary/aromatic N) is 3. The van der Waals surface area contributed by atoms with Gasteiger partial charge in [-0.3, -0.25) is 4.79 Å². The summed E-state index contributed by atoms with van der Waals surface area (Å²) in [6, 6.07) is 9.49. The zero-order chi connectivity index (χ0) is 19.2. The van der Waals surface area contributed by atoms with Crippen LogP contribution in [0, 0.1) is 5.92 Å². The number of hydrogen-bond donors (Lipinski definition) is 1. The molecule has 1 fully saturated rings. The molecule has 1 aliphatic rings. The number of ether oxygens (including phenoxy) is 1.